The van der Waals surface area contributed by atoms with Gasteiger partial charge in [0.15, 0.2) is 0 Å². The summed E-state index contributed by atoms with van der Waals surface area (Å²) in [5.74, 6) is 0.753. The third-order valence-electron chi connectivity index (χ3n) is 2.95. The number of aromatic nitrogens is 2. The molecule has 0 aliphatic rings. The van der Waals surface area contributed by atoms with Crippen LogP contribution in [0.5, 0.6) is 5.75 Å². The molecule has 20 heavy (non-hydrogen) atoms. The van der Waals surface area contributed by atoms with E-state index in [-0.39, 0.29) is 6.04 Å². The lowest BCUT2D eigenvalue weighted by Gasteiger charge is -2.18. The Kier molecular flexibility index (Phi) is 5.49. The molecule has 0 aliphatic carbocycles. The van der Waals surface area contributed by atoms with E-state index in [1.807, 2.05) is 30.6 Å². The molecule has 106 valence electrons. The highest BCUT2D eigenvalue weighted by Crippen LogP contribution is 2.23. The normalized spacial score (nSPS) is 12.2. The summed E-state index contributed by atoms with van der Waals surface area (Å²) >= 11 is 3.41. The summed E-state index contributed by atoms with van der Waals surface area (Å²) in [6.45, 7) is 3.06. The second-order valence-electron chi connectivity index (χ2n) is 4.45. The molecule has 0 spiro atoms. The molecule has 0 aromatic carbocycles. The number of nitrogens with zero attached hydrogens (tertiary/aromatic N) is 2. The Hall–Kier alpha value is -1.46. The van der Waals surface area contributed by atoms with Crippen molar-refractivity contribution in [3.05, 3.63) is 52.5 Å². The zero-order chi connectivity index (χ0) is 14.4. The van der Waals surface area contributed by atoms with E-state index in [2.05, 4.69) is 38.1 Å². The zero-order valence-electron chi connectivity index (χ0n) is 11.6. The van der Waals surface area contributed by atoms with Crippen LogP contribution in [0, 0.1) is 0 Å². The maximum Gasteiger partial charge on any atom is 0.137 e. The first-order valence-electron chi connectivity index (χ1n) is 6.58. The second-order valence-corrected chi connectivity index (χ2v) is 5.36. The zero-order valence-corrected chi connectivity index (χ0v) is 13.2. The first-order chi connectivity index (χ1) is 9.74. The number of hydrogen-bond donors (Lipinski definition) is 1. The Bertz CT molecular complexity index is 545. The van der Waals surface area contributed by atoms with E-state index < -0.39 is 0 Å². The molecule has 2 aromatic heterocycles. The van der Waals surface area contributed by atoms with Gasteiger partial charge in [0.25, 0.3) is 0 Å². The van der Waals surface area contributed by atoms with Gasteiger partial charge in [-0.3, -0.25) is 9.97 Å². The van der Waals surface area contributed by atoms with Crippen LogP contribution in [0.1, 0.15) is 30.6 Å². The summed E-state index contributed by atoms with van der Waals surface area (Å²) in [5, 5.41) is 3.50. The summed E-state index contributed by atoms with van der Waals surface area (Å²) in [6.07, 6.45) is 6.42. The fraction of sp³-hybridized carbons (Fsp3) is 0.333. The van der Waals surface area contributed by atoms with E-state index in [1.54, 1.807) is 13.3 Å². The van der Waals surface area contributed by atoms with Gasteiger partial charge in [-0.05, 0) is 52.7 Å². The van der Waals surface area contributed by atoms with Crippen molar-refractivity contribution in [3.63, 3.8) is 0 Å². The van der Waals surface area contributed by atoms with Crippen molar-refractivity contribution >= 4 is 15.9 Å². The monoisotopic (exact) mass is 335 g/mol. The van der Waals surface area contributed by atoms with Crippen LogP contribution in [-0.4, -0.2) is 23.6 Å². The Morgan fingerprint density at radius 2 is 2.15 bits per heavy atom. The number of nitrogens with one attached hydrogen (secondary N) is 1. The van der Waals surface area contributed by atoms with Crippen molar-refractivity contribution in [1.82, 2.24) is 15.3 Å². The van der Waals surface area contributed by atoms with Gasteiger partial charge in [-0.2, -0.15) is 0 Å². The highest BCUT2D eigenvalue weighted by molar-refractivity contribution is 9.10. The van der Waals surface area contributed by atoms with E-state index in [1.165, 1.54) is 0 Å². The molecule has 0 bridgehead atoms. The van der Waals surface area contributed by atoms with Crippen molar-refractivity contribution in [1.29, 1.82) is 0 Å². The van der Waals surface area contributed by atoms with Crippen LogP contribution >= 0.6 is 15.9 Å². The largest absolute Gasteiger partial charge is 0.495 e. The molecule has 2 heterocycles. The molecule has 0 saturated heterocycles. The van der Waals surface area contributed by atoms with Gasteiger partial charge in [0.05, 0.1) is 25.0 Å². The standard InChI is InChI=1S/C15H18BrN3O/c1-3-6-18-15(14-5-4-12(16)9-19-14)11-7-13(20-2)10-17-8-11/h4-5,7-10,15,18H,3,6H2,1-2H3. The van der Waals surface area contributed by atoms with Gasteiger partial charge < -0.3 is 10.1 Å². The maximum atomic E-state index is 5.25. The molecule has 0 saturated carbocycles. The maximum absolute atomic E-state index is 5.25. The van der Waals surface area contributed by atoms with Gasteiger partial charge >= 0.3 is 0 Å². The molecule has 0 aliphatic heterocycles. The second kappa shape index (κ2) is 7.36. The van der Waals surface area contributed by atoms with Crippen LogP contribution in [0.4, 0.5) is 0 Å². The summed E-state index contributed by atoms with van der Waals surface area (Å²) < 4.78 is 6.22. The van der Waals surface area contributed by atoms with E-state index >= 15 is 0 Å². The summed E-state index contributed by atoms with van der Waals surface area (Å²) in [5.41, 5.74) is 2.02. The van der Waals surface area contributed by atoms with E-state index in [0.717, 1.165) is 34.4 Å². The minimum absolute atomic E-state index is 0.0191. The van der Waals surface area contributed by atoms with Gasteiger partial charge in [-0.25, -0.2) is 0 Å². The van der Waals surface area contributed by atoms with Crippen molar-refractivity contribution in [2.75, 3.05) is 13.7 Å². The first kappa shape index (κ1) is 14.9. The Labute approximate surface area is 127 Å². The molecule has 1 N–H and O–H groups in total. The molecule has 0 fully saturated rings. The smallest absolute Gasteiger partial charge is 0.137 e. The molecule has 1 atom stereocenters. The number of methoxy groups -OCH3 is 1. The first-order valence-corrected chi connectivity index (χ1v) is 7.37. The Balaban J connectivity index is 2.32. The van der Waals surface area contributed by atoms with Crippen LogP contribution in [0.25, 0.3) is 0 Å². The fourth-order valence-electron chi connectivity index (χ4n) is 1.94. The minimum Gasteiger partial charge on any atom is -0.495 e. The van der Waals surface area contributed by atoms with Gasteiger partial charge in [0.2, 0.25) is 0 Å². The van der Waals surface area contributed by atoms with Crippen molar-refractivity contribution in [3.8, 4) is 5.75 Å². The molecule has 1 unspecified atom stereocenters. The van der Waals surface area contributed by atoms with E-state index in [0.29, 0.717) is 0 Å². The minimum atomic E-state index is 0.0191. The fourth-order valence-corrected chi connectivity index (χ4v) is 2.18. The number of rotatable bonds is 6. The van der Waals surface area contributed by atoms with Crippen molar-refractivity contribution in [2.24, 2.45) is 0 Å². The average Bonchev–Trinajstić information content (AvgIpc) is 2.49. The van der Waals surface area contributed by atoms with E-state index in [4.69, 9.17) is 4.74 Å². The van der Waals surface area contributed by atoms with Gasteiger partial charge in [0, 0.05) is 16.9 Å². The van der Waals surface area contributed by atoms with Gasteiger partial charge in [-0.15, -0.1) is 0 Å². The molecule has 4 nitrogen and oxygen atoms in total. The molecule has 5 heteroatoms. The van der Waals surface area contributed by atoms with Crippen LogP contribution in [0.15, 0.2) is 41.3 Å². The molecule has 2 aromatic rings. The van der Waals surface area contributed by atoms with Gasteiger partial charge in [-0.1, -0.05) is 6.92 Å². The molecule has 0 amide bonds. The van der Waals surface area contributed by atoms with E-state index in [9.17, 15) is 0 Å². The molecule has 2 rings (SSSR count). The van der Waals surface area contributed by atoms with Gasteiger partial charge in [0.1, 0.15) is 5.75 Å². The number of halogens is 1. The Morgan fingerprint density at radius 3 is 2.80 bits per heavy atom. The summed E-state index contributed by atoms with van der Waals surface area (Å²) in [6, 6.07) is 6.02. The lowest BCUT2D eigenvalue weighted by atomic mass is 10.0. The average molecular weight is 336 g/mol. The highest BCUT2D eigenvalue weighted by atomic mass is 79.9. The topological polar surface area (TPSA) is 47.0 Å². The summed E-state index contributed by atoms with van der Waals surface area (Å²) in [4.78, 5) is 8.71. The number of hydrogen-bond acceptors (Lipinski definition) is 4. The summed E-state index contributed by atoms with van der Waals surface area (Å²) in [7, 11) is 1.65. The van der Waals surface area contributed by atoms with Crippen molar-refractivity contribution < 1.29 is 4.74 Å². The van der Waals surface area contributed by atoms with Crippen LogP contribution in [0.3, 0.4) is 0 Å². The molecular formula is C15H18BrN3O. The Morgan fingerprint density at radius 1 is 1.30 bits per heavy atom. The van der Waals surface area contributed by atoms with Crippen LogP contribution in [0.2, 0.25) is 0 Å². The van der Waals surface area contributed by atoms with Crippen LogP contribution < -0.4 is 10.1 Å². The predicted molar refractivity (Wildman–Crippen MR) is 82.9 cm³/mol. The lowest BCUT2D eigenvalue weighted by molar-refractivity contribution is 0.411. The number of ether oxygens (including phenoxy) is 1. The quantitative estimate of drug-likeness (QED) is 0.879. The predicted octanol–water partition coefficient (Wildman–Crippen LogP) is 3.34. The molecular weight excluding hydrogens is 318 g/mol. The SMILES string of the molecule is CCCNC(c1cncc(OC)c1)c1ccc(Br)cn1. The third kappa shape index (κ3) is 3.77. The van der Waals surface area contributed by atoms with Crippen LogP contribution in [-0.2, 0) is 0 Å². The highest BCUT2D eigenvalue weighted by Gasteiger charge is 2.15. The molecule has 0 radical (unpaired) electrons. The van der Waals surface area contributed by atoms with Crippen molar-refractivity contribution in [2.45, 2.75) is 19.4 Å². The number of pyridine rings is 2. The third-order valence-corrected chi connectivity index (χ3v) is 3.42. The lowest BCUT2D eigenvalue weighted by Crippen LogP contribution is -2.24.